The van der Waals surface area contributed by atoms with E-state index in [9.17, 15) is 8.42 Å². The molecule has 0 unspecified atom stereocenters. The third-order valence-corrected chi connectivity index (χ3v) is 4.78. The highest BCUT2D eigenvalue weighted by Gasteiger charge is 2.17. The number of ether oxygens (including phenoxy) is 2. The standard InChI is InChI=1S/C17H18O5S/c1-2-12-21-14-3-7-16(8-4-14)23(19,20)17-9-5-15(6-10-17)22-13-11-18/h2-10,18H,1,11-13H2. The molecular weight excluding hydrogens is 316 g/mol. The molecule has 0 fully saturated rings. The molecule has 0 aromatic heterocycles. The summed E-state index contributed by atoms with van der Waals surface area (Å²) in [6, 6.07) is 12.3. The molecule has 0 atom stereocenters. The molecule has 0 aliphatic rings. The van der Waals surface area contributed by atoms with Crippen molar-refractivity contribution in [3.8, 4) is 11.5 Å². The van der Waals surface area contributed by atoms with E-state index in [2.05, 4.69) is 6.58 Å². The zero-order valence-electron chi connectivity index (χ0n) is 12.5. The van der Waals surface area contributed by atoms with Gasteiger partial charge in [0.25, 0.3) is 0 Å². The molecule has 2 rings (SSSR count). The zero-order valence-corrected chi connectivity index (χ0v) is 13.3. The molecule has 0 saturated heterocycles. The van der Waals surface area contributed by atoms with E-state index in [1.165, 1.54) is 24.3 Å². The lowest BCUT2D eigenvalue weighted by Crippen LogP contribution is -2.04. The second kappa shape index (κ2) is 7.80. The van der Waals surface area contributed by atoms with Crippen LogP contribution in [0, 0.1) is 0 Å². The summed E-state index contributed by atoms with van der Waals surface area (Å²) >= 11 is 0. The molecule has 1 N–H and O–H groups in total. The molecule has 0 saturated carbocycles. The largest absolute Gasteiger partial charge is 0.491 e. The maximum absolute atomic E-state index is 12.5. The van der Waals surface area contributed by atoms with Gasteiger partial charge < -0.3 is 14.6 Å². The Morgan fingerprint density at radius 2 is 1.39 bits per heavy atom. The molecule has 2 aromatic carbocycles. The molecule has 2 aromatic rings. The fourth-order valence-corrected chi connectivity index (χ4v) is 3.15. The number of hydrogen-bond acceptors (Lipinski definition) is 5. The summed E-state index contributed by atoms with van der Waals surface area (Å²) in [5, 5.41) is 8.70. The summed E-state index contributed by atoms with van der Waals surface area (Å²) in [6.45, 7) is 3.98. The summed E-state index contributed by atoms with van der Waals surface area (Å²) in [5.74, 6) is 1.09. The molecule has 0 amide bonds. The van der Waals surface area contributed by atoms with Crippen LogP contribution in [0.1, 0.15) is 0 Å². The van der Waals surface area contributed by atoms with Gasteiger partial charge in [0.05, 0.1) is 16.4 Å². The average Bonchev–Trinajstić information content (AvgIpc) is 2.59. The quantitative estimate of drug-likeness (QED) is 0.751. The highest BCUT2D eigenvalue weighted by Crippen LogP contribution is 2.24. The highest BCUT2D eigenvalue weighted by atomic mass is 32.2. The number of benzene rings is 2. The minimum Gasteiger partial charge on any atom is -0.491 e. The Kier molecular flexibility index (Phi) is 5.78. The third-order valence-electron chi connectivity index (χ3n) is 3.00. The molecule has 5 nitrogen and oxygen atoms in total. The predicted molar refractivity (Wildman–Crippen MR) is 86.6 cm³/mol. The van der Waals surface area contributed by atoms with Crippen molar-refractivity contribution in [2.75, 3.05) is 19.8 Å². The second-order valence-electron chi connectivity index (χ2n) is 4.62. The zero-order chi connectivity index (χ0) is 16.7. The lowest BCUT2D eigenvalue weighted by molar-refractivity contribution is 0.201. The Morgan fingerprint density at radius 1 is 0.913 bits per heavy atom. The Morgan fingerprint density at radius 3 is 1.83 bits per heavy atom. The first-order valence-corrected chi connectivity index (χ1v) is 8.49. The molecule has 23 heavy (non-hydrogen) atoms. The monoisotopic (exact) mass is 334 g/mol. The fourth-order valence-electron chi connectivity index (χ4n) is 1.88. The van der Waals surface area contributed by atoms with Crippen LogP contribution in [0.2, 0.25) is 0 Å². The van der Waals surface area contributed by atoms with E-state index in [0.717, 1.165) is 0 Å². The first kappa shape index (κ1) is 17.1. The van der Waals surface area contributed by atoms with Crippen molar-refractivity contribution in [1.29, 1.82) is 0 Å². The molecule has 6 heteroatoms. The fraction of sp³-hybridized carbons (Fsp3) is 0.176. The van der Waals surface area contributed by atoms with E-state index in [0.29, 0.717) is 18.1 Å². The number of aliphatic hydroxyl groups excluding tert-OH is 1. The molecule has 122 valence electrons. The molecule has 0 radical (unpaired) electrons. The number of hydrogen-bond donors (Lipinski definition) is 1. The van der Waals surface area contributed by atoms with Gasteiger partial charge in [-0.25, -0.2) is 8.42 Å². The SMILES string of the molecule is C=CCOc1ccc(S(=O)(=O)c2ccc(OCCO)cc2)cc1. The molecule has 0 aliphatic carbocycles. The Balaban J connectivity index is 2.18. The number of rotatable bonds is 8. The van der Waals surface area contributed by atoms with E-state index >= 15 is 0 Å². The van der Waals surface area contributed by atoms with Gasteiger partial charge in [0.15, 0.2) is 0 Å². The van der Waals surface area contributed by atoms with Crippen molar-refractivity contribution in [1.82, 2.24) is 0 Å². The summed E-state index contributed by atoms with van der Waals surface area (Å²) in [5.41, 5.74) is 0. The van der Waals surface area contributed by atoms with Gasteiger partial charge in [0, 0.05) is 0 Å². The van der Waals surface area contributed by atoms with Crippen LogP contribution in [0.4, 0.5) is 0 Å². The molecule has 0 heterocycles. The second-order valence-corrected chi connectivity index (χ2v) is 6.57. The summed E-state index contributed by atoms with van der Waals surface area (Å²) in [7, 11) is -3.59. The molecule has 0 bridgehead atoms. The topological polar surface area (TPSA) is 72.8 Å². The van der Waals surface area contributed by atoms with Gasteiger partial charge in [0.2, 0.25) is 9.84 Å². The summed E-state index contributed by atoms with van der Waals surface area (Å²) in [6.07, 6.45) is 1.62. The van der Waals surface area contributed by atoms with E-state index < -0.39 is 9.84 Å². The molecular formula is C17H18O5S. The Labute approximate surface area is 135 Å². The van der Waals surface area contributed by atoms with Gasteiger partial charge in [0.1, 0.15) is 24.7 Å². The van der Waals surface area contributed by atoms with Crippen LogP contribution in [-0.4, -0.2) is 33.3 Å². The molecule has 0 spiro atoms. The number of aliphatic hydroxyl groups is 1. The lowest BCUT2D eigenvalue weighted by Gasteiger charge is -2.08. The van der Waals surface area contributed by atoms with Crippen LogP contribution in [-0.2, 0) is 9.84 Å². The van der Waals surface area contributed by atoms with Crippen molar-refractivity contribution in [2.24, 2.45) is 0 Å². The maximum atomic E-state index is 12.5. The minimum atomic E-state index is -3.59. The minimum absolute atomic E-state index is 0.0969. The van der Waals surface area contributed by atoms with Crippen LogP contribution < -0.4 is 9.47 Å². The van der Waals surface area contributed by atoms with Crippen LogP contribution in [0.15, 0.2) is 71.0 Å². The van der Waals surface area contributed by atoms with E-state index in [1.807, 2.05) is 0 Å². The van der Waals surface area contributed by atoms with Gasteiger partial charge in [-0.2, -0.15) is 0 Å². The van der Waals surface area contributed by atoms with Gasteiger partial charge in [-0.3, -0.25) is 0 Å². The van der Waals surface area contributed by atoms with Gasteiger partial charge in [-0.15, -0.1) is 0 Å². The Hall–Kier alpha value is -2.31. The summed E-state index contributed by atoms with van der Waals surface area (Å²) < 4.78 is 35.6. The van der Waals surface area contributed by atoms with E-state index in [4.69, 9.17) is 14.6 Å². The van der Waals surface area contributed by atoms with Crippen molar-refractivity contribution in [3.63, 3.8) is 0 Å². The van der Waals surface area contributed by atoms with Crippen molar-refractivity contribution < 1.29 is 23.0 Å². The Bertz CT molecular complexity index is 734. The van der Waals surface area contributed by atoms with Crippen molar-refractivity contribution in [2.45, 2.75) is 9.79 Å². The van der Waals surface area contributed by atoms with Crippen LogP contribution in [0.5, 0.6) is 11.5 Å². The summed E-state index contributed by atoms with van der Waals surface area (Å²) in [4.78, 5) is 0.362. The third kappa shape index (κ3) is 4.34. The van der Waals surface area contributed by atoms with Gasteiger partial charge >= 0.3 is 0 Å². The predicted octanol–water partition coefficient (Wildman–Crippen LogP) is 2.46. The van der Waals surface area contributed by atoms with Crippen LogP contribution in [0.3, 0.4) is 0 Å². The normalized spacial score (nSPS) is 11.0. The number of sulfone groups is 1. The smallest absolute Gasteiger partial charge is 0.206 e. The highest BCUT2D eigenvalue weighted by molar-refractivity contribution is 7.91. The van der Waals surface area contributed by atoms with Crippen LogP contribution >= 0.6 is 0 Å². The van der Waals surface area contributed by atoms with Gasteiger partial charge in [-0.1, -0.05) is 12.7 Å². The van der Waals surface area contributed by atoms with E-state index in [-0.39, 0.29) is 23.0 Å². The van der Waals surface area contributed by atoms with Crippen molar-refractivity contribution in [3.05, 3.63) is 61.2 Å². The lowest BCUT2D eigenvalue weighted by atomic mass is 10.3. The average molecular weight is 334 g/mol. The van der Waals surface area contributed by atoms with Gasteiger partial charge in [-0.05, 0) is 48.5 Å². The van der Waals surface area contributed by atoms with E-state index in [1.54, 1.807) is 30.3 Å². The maximum Gasteiger partial charge on any atom is 0.206 e. The first-order valence-electron chi connectivity index (χ1n) is 7.00. The van der Waals surface area contributed by atoms with Crippen molar-refractivity contribution >= 4 is 9.84 Å². The first-order chi connectivity index (χ1) is 11.1. The molecule has 0 aliphatic heterocycles. The van der Waals surface area contributed by atoms with Crippen LogP contribution in [0.25, 0.3) is 0 Å².